The molecule has 1 fully saturated rings. The topological polar surface area (TPSA) is 127 Å². The highest BCUT2D eigenvalue weighted by molar-refractivity contribution is 5.97. The van der Waals surface area contributed by atoms with E-state index in [0.717, 1.165) is 25.7 Å². The Morgan fingerprint density at radius 1 is 1.11 bits per heavy atom. The van der Waals surface area contributed by atoms with Crippen molar-refractivity contribution in [2.75, 3.05) is 18.4 Å². The molecule has 2 rings (SSSR count). The number of nitrogens with one attached hydrogen (secondary N) is 2. The fraction of sp³-hybridized carbons (Fsp3) is 0.526. The summed E-state index contributed by atoms with van der Waals surface area (Å²) in [7, 11) is 0. The molecule has 1 aromatic carbocycles. The van der Waals surface area contributed by atoms with Gasteiger partial charge in [-0.3, -0.25) is 14.4 Å². The smallest absolute Gasteiger partial charge is 0.251 e. The van der Waals surface area contributed by atoms with E-state index in [1.807, 2.05) is 0 Å². The number of amides is 3. The normalized spacial score (nSPS) is 15.3. The zero-order valence-corrected chi connectivity index (χ0v) is 16.3. The van der Waals surface area contributed by atoms with Gasteiger partial charge in [0.25, 0.3) is 5.91 Å². The molecule has 3 amide bonds. The van der Waals surface area contributed by atoms with Crippen molar-refractivity contribution in [3.8, 4) is 0 Å². The summed E-state index contributed by atoms with van der Waals surface area (Å²) in [6, 6.07) is 6.72. The minimum atomic E-state index is -0.470. The lowest BCUT2D eigenvalue weighted by atomic mass is 9.71. The predicted octanol–water partition coefficient (Wildman–Crippen LogP) is 1.95. The molecule has 0 spiro atoms. The zero-order chi connectivity index (χ0) is 19.0. The standard InChI is InChI=1S/C19H28N4O3.ClH/c20-13-19(8-2-1-3-9-19)12-17(25)23-15-6-4-5-14(11-15)18(26)22-10-7-16(21)24;/h4-6,11H,1-3,7-10,12-13,20H2,(H2,21,24)(H,22,26)(H,23,25);1H. The molecule has 7 nitrogen and oxygen atoms in total. The number of hydrogen-bond acceptors (Lipinski definition) is 4. The average molecular weight is 397 g/mol. The maximum atomic E-state index is 12.5. The molecule has 1 aliphatic carbocycles. The summed E-state index contributed by atoms with van der Waals surface area (Å²) in [6.07, 6.45) is 5.90. The highest BCUT2D eigenvalue weighted by Gasteiger charge is 2.32. The second kappa shape index (κ2) is 10.9. The van der Waals surface area contributed by atoms with Crippen molar-refractivity contribution < 1.29 is 14.4 Å². The minimum Gasteiger partial charge on any atom is -0.370 e. The fourth-order valence-electron chi connectivity index (χ4n) is 3.44. The summed E-state index contributed by atoms with van der Waals surface area (Å²) in [6.45, 7) is 0.701. The van der Waals surface area contributed by atoms with E-state index < -0.39 is 5.91 Å². The van der Waals surface area contributed by atoms with Crippen LogP contribution in [-0.2, 0) is 9.59 Å². The number of carbonyl (C=O) groups excluding carboxylic acids is 3. The van der Waals surface area contributed by atoms with Crippen molar-refractivity contribution in [2.24, 2.45) is 16.9 Å². The Balaban J connectivity index is 0.00000364. The van der Waals surface area contributed by atoms with Crippen LogP contribution in [0.2, 0.25) is 0 Å². The quantitative estimate of drug-likeness (QED) is 0.535. The van der Waals surface area contributed by atoms with Crippen molar-refractivity contribution in [3.05, 3.63) is 29.8 Å². The van der Waals surface area contributed by atoms with Gasteiger partial charge in [-0.15, -0.1) is 12.4 Å². The number of nitrogens with two attached hydrogens (primary N) is 2. The van der Waals surface area contributed by atoms with E-state index in [4.69, 9.17) is 11.5 Å². The van der Waals surface area contributed by atoms with E-state index in [1.165, 1.54) is 6.42 Å². The van der Waals surface area contributed by atoms with Crippen LogP contribution in [-0.4, -0.2) is 30.8 Å². The molecule has 27 heavy (non-hydrogen) atoms. The summed E-state index contributed by atoms with van der Waals surface area (Å²) >= 11 is 0. The summed E-state index contributed by atoms with van der Waals surface area (Å²) in [5.74, 6) is -0.862. The van der Waals surface area contributed by atoms with Gasteiger partial charge in [0.1, 0.15) is 0 Å². The lowest BCUT2D eigenvalue weighted by molar-refractivity contribution is -0.119. The first-order chi connectivity index (χ1) is 12.4. The monoisotopic (exact) mass is 396 g/mol. The Hall–Kier alpha value is -2.12. The zero-order valence-electron chi connectivity index (χ0n) is 15.5. The molecule has 0 atom stereocenters. The van der Waals surface area contributed by atoms with Gasteiger partial charge in [-0.25, -0.2) is 0 Å². The minimum absolute atomic E-state index is 0. The van der Waals surface area contributed by atoms with E-state index in [1.54, 1.807) is 24.3 Å². The second-order valence-corrected chi connectivity index (χ2v) is 7.04. The van der Waals surface area contributed by atoms with Crippen LogP contribution < -0.4 is 22.1 Å². The van der Waals surface area contributed by atoms with Gasteiger partial charge < -0.3 is 22.1 Å². The van der Waals surface area contributed by atoms with Gasteiger partial charge in [0.2, 0.25) is 11.8 Å². The Morgan fingerprint density at radius 3 is 2.44 bits per heavy atom. The van der Waals surface area contributed by atoms with Gasteiger partial charge in [-0.05, 0) is 43.0 Å². The molecule has 0 aromatic heterocycles. The van der Waals surface area contributed by atoms with Crippen molar-refractivity contribution in [1.82, 2.24) is 5.32 Å². The molecule has 0 saturated heterocycles. The van der Waals surface area contributed by atoms with Crippen molar-refractivity contribution in [2.45, 2.75) is 44.9 Å². The Labute approximate surface area is 166 Å². The Morgan fingerprint density at radius 2 is 1.81 bits per heavy atom. The van der Waals surface area contributed by atoms with Crippen LogP contribution in [0.3, 0.4) is 0 Å². The average Bonchev–Trinajstić information content (AvgIpc) is 2.62. The molecular formula is C19H29ClN4O3. The fourth-order valence-corrected chi connectivity index (χ4v) is 3.44. The molecule has 1 aromatic rings. The second-order valence-electron chi connectivity index (χ2n) is 7.04. The highest BCUT2D eigenvalue weighted by atomic mass is 35.5. The lowest BCUT2D eigenvalue weighted by Gasteiger charge is -2.35. The van der Waals surface area contributed by atoms with Crippen LogP contribution in [0.4, 0.5) is 5.69 Å². The third-order valence-corrected chi connectivity index (χ3v) is 4.95. The molecule has 0 radical (unpaired) electrons. The molecule has 6 N–H and O–H groups in total. The summed E-state index contributed by atoms with van der Waals surface area (Å²) in [5, 5.41) is 5.49. The number of anilines is 1. The molecule has 0 unspecified atom stereocenters. The number of benzene rings is 1. The van der Waals surface area contributed by atoms with Gasteiger partial charge in [0.05, 0.1) is 0 Å². The van der Waals surface area contributed by atoms with E-state index in [9.17, 15) is 14.4 Å². The van der Waals surface area contributed by atoms with Crippen molar-refractivity contribution in [3.63, 3.8) is 0 Å². The van der Waals surface area contributed by atoms with Crippen LogP contribution in [0.15, 0.2) is 24.3 Å². The van der Waals surface area contributed by atoms with Crippen molar-refractivity contribution in [1.29, 1.82) is 0 Å². The summed E-state index contributed by atoms with van der Waals surface area (Å²) < 4.78 is 0. The molecule has 1 saturated carbocycles. The Bertz CT molecular complexity index is 660. The number of carbonyl (C=O) groups is 3. The maximum Gasteiger partial charge on any atom is 0.251 e. The van der Waals surface area contributed by atoms with E-state index in [2.05, 4.69) is 10.6 Å². The molecule has 0 aliphatic heterocycles. The van der Waals surface area contributed by atoms with Crippen LogP contribution in [0.25, 0.3) is 0 Å². The first-order valence-electron chi connectivity index (χ1n) is 9.11. The highest BCUT2D eigenvalue weighted by Crippen LogP contribution is 2.38. The number of primary amides is 1. The van der Waals surface area contributed by atoms with E-state index in [0.29, 0.717) is 24.2 Å². The van der Waals surface area contributed by atoms with Gasteiger partial charge in [-0.1, -0.05) is 25.3 Å². The molecule has 0 bridgehead atoms. The predicted molar refractivity (Wildman–Crippen MR) is 108 cm³/mol. The Kier molecular flexibility index (Phi) is 9.25. The van der Waals surface area contributed by atoms with Crippen LogP contribution >= 0.6 is 12.4 Å². The SMILES string of the molecule is Cl.NCC1(CC(=O)Nc2cccc(C(=O)NCCC(N)=O)c2)CCCCC1. The molecule has 150 valence electrons. The maximum absolute atomic E-state index is 12.5. The van der Waals surface area contributed by atoms with Crippen LogP contribution in [0, 0.1) is 5.41 Å². The lowest BCUT2D eigenvalue weighted by Crippen LogP contribution is -2.36. The van der Waals surface area contributed by atoms with Crippen LogP contribution in [0.5, 0.6) is 0 Å². The van der Waals surface area contributed by atoms with Gasteiger partial charge >= 0.3 is 0 Å². The number of rotatable bonds is 8. The number of halogens is 1. The van der Waals surface area contributed by atoms with E-state index >= 15 is 0 Å². The molecule has 1 aliphatic rings. The molecule has 8 heteroatoms. The first-order valence-corrected chi connectivity index (χ1v) is 9.11. The molecular weight excluding hydrogens is 368 g/mol. The largest absolute Gasteiger partial charge is 0.370 e. The van der Waals surface area contributed by atoms with Gasteiger partial charge in [0, 0.05) is 30.6 Å². The number of hydrogen-bond donors (Lipinski definition) is 4. The van der Waals surface area contributed by atoms with Crippen molar-refractivity contribution >= 4 is 35.8 Å². The van der Waals surface area contributed by atoms with Crippen LogP contribution in [0.1, 0.15) is 55.3 Å². The molecule has 0 heterocycles. The summed E-state index contributed by atoms with van der Waals surface area (Å²) in [5.41, 5.74) is 11.9. The first kappa shape index (κ1) is 22.9. The third kappa shape index (κ3) is 7.19. The summed E-state index contributed by atoms with van der Waals surface area (Å²) in [4.78, 5) is 35.3. The van der Waals surface area contributed by atoms with Gasteiger partial charge in [0.15, 0.2) is 0 Å². The van der Waals surface area contributed by atoms with Gasteiger partial charge in [-0.2, -0.15) is 0 Å². The van der Waals surface area contributed by atoms with E-state index in [-0.39, 0.29) is 42.6 Å². The third-order valence-electron chi connectivity index (χ3n) is 4.95.